The molecule has 0 radical (unpaired) electrons. The number of aryl methyl sites for hydroxylation is 4. The Labute approximate surface area is 312 Å². The van der Waals surface area contributed by atoms with E-state index >= 15 is 0 Å². The molecule has 5 aromatic carbocycles. The zero-order valence-corrected chi connectivity index (χ0v) is 31.2. The van der Waals surface area contributed by atoms with Gasteiger partial charge in [-0.1, -0.05) is 90.0 Å². The summed E-state index contributed by atoms with van der Waals surface area (Å²) in [4.78, 5) is 26.7. The molecule has 0 spiro atoms. The molecule has 276 valence electrons. The monoisotopic (exact) mass is 761 g/mol. The third kappa shape index (κ3) is 10.0. The second kappa shape index (κ2) is 16.1. The zero-order valence-electron chi connectivity index (χ0n) is 29.6. The fourth-order valence-corrected chi connectivity index (χ4v) is 7.48. The maximum absolute atomic E-state index is 14.1. The Bertz CT molecular complexity index is 2250. The number of hydrogen-bond donors (Lipinski definition) is 2. The molecule has 6 nitrogen and oxygen atoms in total. The number of alkyl halides is 3. The topological polar surface area (TPSA) is 101 Å². The lowest BCUT2D eigenvalue weighted by atomic mass is 9.88. The second-order valence-corrected chi connectivity index (χ2v) is 15.4. The third-order valence-corrected chi connectivity index (χ3v) is 10.3. The van der Waals surface area contributed by atoms with Gasteiger partial charge in [-0.05, 0) is 109 Å². The van der Waals surface area contributed by atoms with E-state index in [9.17, 15) is 31.2 Å². The van der Waals surface area contributed by atoms with Crippen LogP contribution in [0.2, 0.25) is 5.02 Å². The lowest BCUT2D eigenvalue weighted by Crippen LogP contribution is -2.23. The van der Waals surface area contributed by atoms with E-state index in [0.717, 1.165) is 45.5 Å². The van der Waals surface area contributed by atoms with E-state index < -0.39 is 33.5 Å². The SMILES string of the molecule is Cc1cc(C)c(-c2ccc(C(Cc3ccc(C(=O)CCCS(=O)(=O)O)cc3)C(=O)Nc3ccc(-c4ccc(C(F)(F)F)cc4Cl)c(C)c3)cc2)c(C)c1. The minimum absolute atomic E-state index is 0.00285. The van der Waals surface area contributed by atoms with Crippen LogP contribution >= 0.6 is 11.6 Å². The minimum atomic E-state index is -4.52. The number of anilines is 1. The largest absolute Gasteiger partial charge is 0.416 e. The average molecular weight is 762 g/mol. The summed E-state index contributed by atoms with van der Waals surface area (Å²) in [6.45, 7) is 7.99. The highest BCUT2D eigenvalue weighted by atomic mass is 35.5. The van der Waals surface area contributed by atoms with E-state index in [2.05, 4.69) is 38.2 Å². The number of amides is 1. The highest BCUT2D eigenvalue weighted by Crippen LogP contribution is 2.38. The van der Waals surface area contributed by atoms with E-state index in [0.29, 0.717) is 34.4 Å². The van der Waals surface area contributed by atoms with Gasteiger partial charge in [0.15, 0.2) is 5.78 Å². The number of ketones is 1. The number of carbonyl (C=O) groups is 2. The van der Waals surface area contributed by atoms with Crippen LogP contribution in [0.25, 0.3) is 22.3 Å². The van der Waals surface area contributed by atoms with Gasteiger partial charge in [0.1, 0.15) is 0 Å². The van der Waals surface area contributed by atoms with Crippen molar-refractivity contribution in [1.82, 2.24) is 0 Å². The number of benzene rings is 5. The van der Waals surface area contributed by atoms with Gasteiger partial charge in [0.25, 0.3) is 10.1 Å². The van der Waals surface area contributed by atoms with Crippen molar-refractivity contribution in [1.29, 1.82) is 0 Å². The average Bonchev–Trinajstić information content (AvgIpc) is 3.06. The Balaban J connectivity index is 1.41. The first-order valence-electron chi connectivity index (χ1n) is 16.9. The van der Waals surface area contributed by atoms with Gasteiger partial charge in [-0.3, -0.25) is 14.1 Å². The van der Waals surface area contributed by atoms with Crippen molar-refractivity contribution in [2.45, 2.75) is 59.1 Å². The number of Topliss-reactive ketones (excluding diaryl/α,β-unsaturated/α-hetero) is 1. The van der Waals surface area contributed by atoms with E-state index in [4.69, 9.17) is 16.2 Å². The molecule has 0 aliphatic rings. The molecule has 1 unspecified atom stereocenters. The quantitative estimate of drug-likeness (QED) is 0.0974. The van der Waals surface area contributed by atoms with Crippen molar-refractivity contribution in [2.75, 3.05) is 11.1 Å². The summed E-state index contributed by atoms with van der Waals surface area (Å²) in [5.41, 5.74) is 8.99. The molecule has 0 fully saturated rings. The van der Waals surface area contributed by atoms with Gasteiger partial charge in [-0.25, -0.2) is 0 Å². The summed E-state index contributed by atoms with van der Waals surface area (Å²) in [5.74, 6) is -1.70. The summed E-state index contributed by atoms with van der Waals surface area (Å²) in [7, 11) is -4.16. The summed E-state index contributed by atoms with van der Waals surface area (Å²) in [6, 6.07) is 27.3. The first-order valence-corrected chi connectivity index (χ1v) is 18.9. The third-order valence-electron chi connectivity index (χ3n) is 9.20. The molecule has 5 aromatic rings. The van der Waals surface area contributed by atoms with Gasteiger partial charge in [0.05, 0.1) is 17.2 Å². The molecular formula is C42H39ClF3NO5S. The van der Waals surface area contributed by atoms with Gasteiger partial charge in [0, 0.05) is 28.3 Å². The van der Waals surface area contributed by atoms with Crippen LogP contribution in [0.3, 0.4) is 0 Å². The molecule has 11 heteroatoms. The van der Waals surface area contributed by atoms with Crippen LogP contribution in [-0.4, -0.2) is 30.4 Å². The smallest absolute Gasteiger partial charge is 0.326 e. The molecule has 53 heavy (non-hydrogen) atoms. The molecule has 5 rings (SSSR count). The Morgan fingerprint density at radius 2 is 1.42 bits per heavy atom. The zero-order chi connectivity index (χ0) is 38.7. The van der Waals surface area contributed by atoms with E-state index in [1.54, 1.807) is 49.4 Å². The maximum atomic E-state index is 14.1. The van der Waals surface area contributed by atoms with Crippen LogP contribution in [0.1, 0.15) is 68.1 Å². The fraction of sp³-hybridized carbons (Fsp3) is 0.238. The van der Waals surface area contributed by atoms with Crippen LogP contribution in [0.15, 0.2) is 97.1 Å². The van der Waals surface area contributed by atoms with Gasteiger partial charge in [0.2, 0.25) is 5.91 Å². The van der Waals surface area contributed by atoms with Crippen LogP contribution in [-0.2, 0) is 27.5 Å². The van der Waals surface area contributed by atoms with Crippen LogP contribution in [0.4, 0.5) is 18.9 Å². The highest BCUT2D eigenvalue weighted by molar-refractivity contribution is 7.85. The number of hydrogen-bond acceptors (Lipinski definition) is 4. The van der Waals surface area contributed by atoms with E-state index in [1.807, 2.05) is 24.3 Å². The lowest BCUT2D eigenvalue weighted by Gasteiger charge is -2.20. The molecule has 1 amide bonds. The maximum Gasteiger partial charge on any atom is 0.416 e. The predicted octanol–water partition coefficient (Wildman–Crippen LogP) is 10.7. The normalized spacial score (nSPS) is 12.4. The molecular weight excluding hydrogens is 723 g/mol. The van der Waals surface area contributed by atoms with Crippen molar-refractivity contribution in [3.05, 3.63) is 147 Å². The standard InChI is InChI=1S/C42H39ClF3NO5S/c1-25-20-27(3)40(28(4)21-25)32-13-11-30(12-14-32)37(23-29-7-9-31(10-8-29)39(48)6-5-19-53(50,51)52)41(49)47-34-16-18-35(26(2)22-34)36-17-15-33(24-38(36)43)42(44,45)46/h7-18,20-22,24,37H,5-6,19,23H2,1-4H3,(H,47,49)(H,50,51,52). The lowest BCUT2D eigenvalue weighted by molar-refractivity contribution is -0.137. The molecule has 0 bridgehead atoms. The number of nitrogens with one attached hydrogen (secondary N) is 1. The van der Waals surface area contributed by atoms with Crippen molar-refractivity contribution >= 4 is 39.1 Å². The van der Waals surface area contributed by atoms with Gasteiger partial charge in [-0.2, -0.15) is 21.6 Å². The molecule has 0 saturated heterocycles. The van der Waals surface area contributed by atoms with E-state index in [-0.39, 0.29) is 29.6 Å². The molecule has 0 heterocycles. The van der Waals surface area contributed by atoms with Crippen molar-refractivity contribution in [2.24, 2.45) is 0 Å². The van der Waals surface area contributed by atoms with Crippen LogP contribution < -0.4 is 5.32 Å². The Kier molecular flexibility index (Phi) is 12.0. The summed E-state index contributed by atoms with van der Waals surface area (Å²) < 4.78 is 70.7. The fourth-order valence-electron chi connectivity index (χ4n) is 6.68. The number of carbonyl (C=O) groups excluding carboxylic acids is 2. The number of rotatable bonds is 12. The number of halogens is 4. The Morgan fingerprint density at radius 1 is 0.792 bits per heavy atom. The predicted molar refractivity (Wildman–Crippen MR) is 204 cm³/mol. The van der Waals surface area contributed by atoms with Crippen LogP contribution in [0, 0.1) is 27.7 Å². The molecule has 0 saturated carbocycles. The van der Waals surface area contributed by atoms with Gasteiger partial charge < -0.3 is 5.32 Å². The van der Waals surface area contributed by atoms with Crippen molar-refractivity contribution < 1.29 is 35.7 Å². The van der Waals surface area contributed by atoms with Crippen LogP contribution in [0.5, 0.6) is 0 Å². The molecule has 0 aromatic heterocycles. The summed E-state index contributed by atoms with van der Waals surface area (Å²) >= 11 is 6.27. The highest BCUT2D eigenvalue weighted by Gasteiger charge is 2.31. The Morgan fingerprint density at radius 3 is 1.98 bits per heavy atom. The first-order chi connectivity index (χ1) is 24.9. The molecule has 0 aliphatic heterocycles. The summed E-state index contributed by atoms with van der Waals surface area (Å²) in [6.07, 6.45) is -4.27. The molecule has 2 N–H and O–H groups in total. The molecule has 0 aliphatic carbocycles. The minimum Gasteiger partial charge on any atom is -0.326 e. The van der Waals surface area contributed by atoms with E-state index in [1.165, 1.54) is 11.6 Å². The van der Waals surface area contributed by atoms with Gasteiger partial charge >= 0.3 is 6.18 Å². The van der Waals surface area contributed by atoms with Crippen molar-refractivity contribution in [3.8, 4) is 22.3 Å². The Hall–Kier alpha value is -4.77. The van der Waals surface area contributed by atoms with Gasteiger partial charge in [-0.15, -0.1) is 0 Å². The summed E-state index contributed by atoms with van der Waals surface area (Å²) in [5, 5.41) is 2.98. The second-order valence-electron chi connectivity index (χ2n) is 13.4. The van der Waals surface area contributed by atoms with Crippen molar-refractivity contribution in [3.63, 3.8) is 0 Å². The first kappa shape index (κ1) is 39.4. The molecule has 1 atom stereocenters.